The van der Waals surface area contributed by atoms with Gasteiger partial charge in [-0.05, 0) is 32.4 Å². The number of carbonyl (C=O) groups excluding carboxylic acids is 1. The zero-order valence-corrected chi connectivity index (χ0v) is 18.0. The average Bonchev–Trinajstić information content (AvgIpc) is 2.70. The van der Waals surface area contributed by atoms with Gasteiger partial charge < -0.3 is 30.2 Å². The van der Waals surface area contributed by atoms with Crippen LogP contribution in [0.5, 0.6) is 0 Å². The summed E-state index contributed by atoms with van der Waals surface area (Å²) in [6.07, 6.45) is 3.03. The molecule has 1 unspecified atom stereocenters. The first kappa shape index (κ1) is 26.3. The van der Waals surface area contributed by atoms with Crippen LogP contribution in [-0.2, 0) is 19.0 Å². The van der Waals surface area contributed by atoms with Gasteiger partial charge in [0.1, 0.15) is 0 Å². The molecule has 0 radical (unpaired) electrons. The van der Waals surface area contributed by atoms with Gasteiger partial charge in [0.25, 0.3) is 0 Å². The molecule has 7 nitrogen and oxygen atoms in total. The molecule has 1 amide bonds. The lowest BCUT2D eigenvalue weighted by molar-refractivity contribution is -0.124. The van der Waals surface area contributed by atoms with E-state index < -0.39 is 0 Å². The second kappa shape index (κ2) is 18.6. The first-order valence-corrected chi connectivity index (χ1v) is 10.6. The van der Waals surface area contributed by atoms with Gasteiger partial charge in [-0.3, -0.25) is 4.79 Å². The predicted octanol–water partition coefficient (Wildman–Crippen LogP) is 2.14. The van der Waals surface area contributed by atoms with Gasteiger partial charge in [0, 0.05) is 27.9 Å². The Balaban J connectivity index is -0.00000163. The standard InChI is InChI=1S/C18H37N3O4.C2H6.2H2/c1-3-16(2)18(22)20-6-10-23-12-14-25-15-13-24-11-9-21-7-4-17(19)5-8-21;1-2;;/h16-17H,3-15,19H2,1-2H3,(H,20,22);1-2H3;2*1H. The Morgan fingerprint density at radius 2 is 1.59 bits per heavy atom. The molecule has 166 valence electrons. The topological polar surface area (TPSA) is 86.1 Å². The lowest BCUT2D eigenvalue weighted by Gasteiger charge is -2.29. The number of hydrogen-bond acceptors (Lipinski definition) is 6. The second-order valence-electron chi connectivity index (χ2n) is 6.62. The van der Waals surface area contributed by atoms with Crippen LogP contribution in [0.25, 0.3) is 0 Å². The number of piperidine rings is 1. The summed E-state index contributed by atoms with van der Waals surface area (Å²) in [7, 11) is 0. The van der Waals surface area contributed by atoms with E-state index in [2.05, 4.69) is 10.2 Å². The fourth-order valence-corrected chi connectivity index (χ4v) is 2.52. The monoisotopic (exact) mass is 393 g/mol. The Morgan fingerprint density at radius 1 is 1.07 bits per heavy atom. The molecule has 0 spiro atoms. The number of nitrogens with two attached hydrogens (primary N) is 1. The minimum Gasteiger partial charge on any atom is -0.378 e. The quantitative estimate of drug-likeness (QED) is 0.440. The predicted molar refractivity (Wildman–Crippen MR) is 114 cm³/mol. The number of ether oxygens (including phenoxy) is 3. The molecule has 1 saturated heterocycles. The molecule has 3 N–H and O–H groups in total. The third-order valence-corrected chi connectivity index (χ3v) is 4.53. The van der Waals surface area contributed by atoms with E-state index in [-0.39, 0.29) is 14.7 Å². The number of amides is 1. The van der Waals surface area contributed by atoms with Crippen molar-refractivity contribution in [2.75, 3.05) is 65.8 Å². The normalized spacial score (nSPS) is 16.5. The van der Waals surface area contributed by atoms with Crippen molar-refractivity contribution in [1.29, 1.82) is 0 Å². The smallest absolute Gasteiger partial charge is 0.222 e. The SMILES string of the molecule is CC.CCC(C)C(=O)NCCOCCOCCOCCN1CCC(N)CC1.[HH].[HH]. The summed E-state index contributed by atoms with van der Waals surface area (Å²) >= 11 is 0. The number of hydrogen-bond donors (Lipinski definition) is 2. The van der Waals surface area contributed by atoms with Crippen LogP contribution in [0.2, 0.25) is 0 Å². The van der Waals surface area contributed by atoms with Crippen LogP contribution in [0.3, 0.4) is 0 Å². The molecule has 1 atom stereocenters. The van der Waals surface area contributed by atoms with Crippen molar-refractivity contribution in [3.05, 3.63) is 0 Å². The third-order valence-electron chi connectivity index (χ3n) is 4.53. The highest BCUT2D eigenvalue weighted by atomic mass is 16.5. The molecule has 0 saturated carbocycles. The molecule has 0 aromatic carbocycles. The molecule has 1 rings (SSSR count). The summed E-state index contributed by atoms with van der Waals surface area (Å²) in [6.45, 7) is 15.1. The minimum absolute atomic E-state index is 0. The van der Waals surface area contributed by atoms with E-state index in [1.807, 2.05) is 27.7 Å². The highest BCUT2D eigenvalue weighted by molar-refractivity contribution is 5.78. The van der Waals surface area contributed by atoms with Crippen molar-refractivity contribution in [2.45, 2.75) is 53.0 Å². The molecule has 7 heteroatoms. The fourth-order valence-electron chi connectivity index (χ4n) is 2.52. The van der Waals surface area contributed by atoms with Crippen LogP contribution in [-0.4, -0.2) is 82.7 Å². The number of likely N-dealkylation sites (tertiary alicyclic amines) is 1. The maximum atomic E-state index is 11.5. The van der Waals surface area contributed by atoms with Gasteiger partial charge in [0.2, 0.25) is 5.91 Å². The highest BCUT2D eigenvalue weighted by Gasteiger charge is 2.15. The summed E-state index contributed by atoms with van der Waals surface area (Å²) < 4.78 is 16.5. The number of nitrogens with one attached hydrogen (secondary N) is 1. The molecule has 0 aromatic rings. The molecule has 1 aliphatic rings. The molecule has 0 aromatic heterocycles. The van der Waals surface area contributed by atoms with Crippen molar-refractivity contribution in [2.24, 2.45) is 11.7 Å². The van der Waals surface area contributed by atoms with Gasteiger partial charge in [-0.2, -0.15) is 0 Å². The third kappa shape index (κ3) is 14.9. The Kier molecular flexibility index (Phi) is 18.1. The molecule has 1 fully saturated rings. The maximum Gasteiger partial charge on any atom is 0.222 e. The number of carbonyl (C=O) groups is 1. The lowest BCUT2D eigenvalue weighted by Crippen LogP contribution is -2.41. The number of nitrogens with zero attached hydrogens (tertiary/aromatic N) is 1. The molecular weight excluding hydrogens is 346 g/mol. The summed E-state index contributed by atoms with van der Waals surface area (Å²) in [5, 5.41) is 2.85. The van der Waals surface area contributed by atoms with E-state index >= 15 is 0 Å². The van der Waals surface area contributed by atoms with E-state index in [9.17, 15) is 4.79 Å². The Morgan fingerprint density at radius 3 is 2.15 bits per heavy atom. The minimum atomic E-state index is 0. The first-order chi connectivity index (χ1) is 13.1. The Bertz CT molecular complexity index is 348. The number of rotatable bonds is 14. The summed E-state index contributed by atoms with van der Waals surface area (Å²) in [6, 6.07) is 0.379. The maximum absolute atomic E-state index is 11.5. The Hall–Kier alpha value is -0.730. The second-order valence-corrected chi connectivity index (χ2v) is 6.62. The van der Waals surface area contributed by atoms with Crippen molar-refractivity contribution in [3.63, 3.8) is 0 Å². The lowest BCUT2D eigenvalue weighted by atomic mass is 10.1. The van der Waals surface area contributed by atoms with Crippen LogP contribution < -0.4 is 11.1 Å². The zero-order chi connectivity index (χ0) is 20.3. The fraction of sp³-hybridized carbons (Fsp3) is 0.950. The van der Waals surface area contributed by atoms with Crippen molar-refractivity contribution in [1.82, 2.24) is 10.2 Å². The molecular formula is C20H47N3O4. The summed E-state index contributed by atoms with van der Waals surface area (Å²) in [4.78, 5) is 13.9. The van der Waals surface area contributed by atoms with Crippen LogP contribution >= 0.6 is 0 Å². The van der Waals surface area contributed by atoms with Crippen LogP contribution in [0.4, 0.5) is 0 Å². The summed E-state index contributed by atoms with van der Waals surface area (Å²) in [5.74, 6) is 0.155. The molecule has 27 heavy (non-hydrogen) atoms. The molecule has 1 aliphatic heterocycles. The molecule has 0 bridgehead atoms. The van der Waals surface area contributed by atoms with Gasteiger partial charge in [0.15, 0.2) is 0 Å². The van der Waals surface area contributed by atoms with Crippen molar-refractivity contribution in [3.8, 4) is 0 Å². The zero-order valence-electron chi connectivity index (χ0n) is 18.0. The Labute approximate surface area is 169 Å². The van der Waals surface area contributed by atoms with Gasteiger partial charge in [-0.1, -0.05) is 27.7 Å². The molecule has 0 aliphatic carbocycles. The van der Waals surface area contributed by atoms with Crippen LogP contribution in [0.15, 0.2) is 0 Å². The van der Waals surface area contributed by atoms with E-state index in [0.29, 0.717) is 45.6 Å². The molecule has 1 heterocycles. The first-order valence-electron chi connectivity index (χ1n) is 10.6. The van der Waals surface area contributed by atoms with Crippen LogP contribution in [0.1, 0.15) is 49.8 Å². The van der Waals surface area contributed by atoms with Crippen molar-refractivity contribution >= 4 is 5.91 Å². The van der Waals surface area contributed by atoms with Crippen LogP contribution in [0, 0.1) is 5.92 Å². The van der Waals surface area contributed by atoms with E-state index in [1.165, 1.54) is 0 Å². The van der Waals surface area contributed by atoms with E-state index in [1.54, 1.807) is 0 Å². The van der Waals surface area contributed by atoms with Gasteiger partial charge in [0.05, 0.1) is 39.6 Å². The van der Waals surface area contributed by atoms with Gasteiger partial charge in [-0.15, -0.1) is 0 Å². The van der Waals surface area contributed by atoms with Gasteiger partial charge >= 0.3 is 0 Å². The van der Waals surface area contributed by atoms with Gasteiger partial charge in [-0.25, -0.2) is 0 Å². The van der Waals surface area contributed by atoms with E-state index in [0.717, 1.165) is 45.5 Å². The largest absolute Gasteiger partial charge is 0.378 e. The van der Waals surface area contributed by atoms with E-state index in [4.69, 9.17) is 19.9 Å². The average molecular weight is 394 g/mol. The highest BCUT2D eigenvalue weighted by Crippen LogP contribution is 2.07. The summed E-state index contributed by atoms with van der Waals surface area (Å²) in [5.41, 5.74) is 5.89. The van der Waals surface area contributed by atoms with Crippen molar-refractivity contribution < 1.29 is 21.9 Å².